The molecule has 4 heterocycles. The van der Waals surface area contributed by atoms with E-state index in [1.165, 1.54) is 38.0 Å². The van der Waals surface area contributed by atoms with E-state index in [2.05, 4.69) is 11.0 Å². The van der Waals surface area contributed by atoms with Crippen LogP contribution in [0.5, 0.6) is 5.75 Å². The van der Waals surface area contributed by atoms with Crippen LogP contribution < -0.4 is 10.2 Å². The molecule has 3 aliphatic rings. The first kappa shape index (κ1) is 17.9. The molecule has 3 fully saturated rings. The first-order chi connectivity index (χ1) is 12.8. The number of allylic oxidation sites excluding steroid dienone is 1. The maximum absolute atomic E-state index is 12.7. The lowest BCUT2D eigenvalue weighted by Crippen LogP contribution is -2.39. The Hall–Kier alpha value is -2.46. The maximum atomic E-state index is 12.7. The lowest BCUT2D eigenvalue weighted by atomic mass is 9.86. The van der Waals surface area contributed by atoms with Gasteiger partial charge in [-0.2, -0.15) is 0 Å². The van der Waals surface area contributed by atoms with Crippen molar-refractivity contribution in [2.45, 2.75) is 19.3 Å². The highest BCUT2D eigenvalue weighted by atomic mass is 35.5. The van der Waals surface area contributed by atoms with Crippen molar-refractivity contribution >= 4 is 34.3 Å². The summed E-state index contributed by atoms with van der Waals surface area (Å²) >= 11 is 0. The summed E-state index contributed by atoms with van der Waals surface area (Å²) < 4.78 is 11.7. The minimum absolute atomic E-state index is 0. The van der Waals surface area contributed by atoms with Crippen molar-refractivity contribution in [2.75, 3.05) is 19.7 Å². The van der Waals surface area contributed by atoms with Crippen LogP contribution in [-0.4, -0.2) is 24.6 Å². The van der Waals surface area contributed by atoms with E-state index in [1.807, 2.05) is 30.3 Å². The fourth-order valence-corrected chi connectivity index (χ4v) is 4.17. The molecule has 0 atom stereocenters. The molecule has 3 saturated heterocycles. The maximum Gasteiger partial charge on any atom is 0.200 e. The van der Waals surface area contributed by atoms with Gasteiger partial charge in [-0.05, 0) is 61.6 Å². The minimum atomic E-state index is -0.0126. The van der Waals surface area contributed by atoms with E-state index in [-0.39, 0.29) is 17.8 Å². The fraction of sp³-hybridized carbons (Fsp3) is 0.318. The summed E-state index contributed by atoms with van der Waals surface area (Å²) in [7, 11) is 0. The number of rotatable bonds is 3. The average molecular weight is 384 g/mol. The standard InChI is InChI=1S/C22H21NO3.ClH/c24-22-18-3-1-2-4-20(18)26-21-6-5-17(14-19(21)22)25-12-9-16-13-15-7-10-23(16)11-8-15;/h1-6,9,14-15H,7-8,10-13H2;1H. The lowest BCUT2D eigenvalue weighted by molar-refractivity contribution is 0.158. The van der Waals surface area contributed by atoms with E-state index < -0.39 is 0 Å². The molecule has 2 aromatic carbocycles. The predicted octanol–water partition coefficient (Wildman–Crippen LogP) is 4.75. The summed E-state index contributed by atoms with van der Waals surface area (Å²) in [6.07, 6.45) is 6.02. The van der Waals surface area contributed by atoms with Gasteiger partial charge in [-0.15, -0.1) is 12.4 Å². The van der Waals surface area contributed by atoms with Crippen molar-refractivity contribution in [1.29, 1.82) is 0 Å². The molecule has 140 valence electrons. The Morgan fingerprint density at radius 3 is 2.63 bits per heavy atom. The lowest BCUT2D eigenvalue weighted by Gasteiger charge is -2.42. The summed E-state index contributed by atoms with van der Waals surface area (Å²) in [4.78, 5) is 15.2. The molecule has 0 spiro atoms. The number of hydrogen-bond donors (Lipinski definition) is 0. The molecule has 1 aromatic heterocycles. The number of fused-ring (bicyclic) bond motifs is 5. The van der Waals surface area contributed by atoms with E-state index in [0.29, 0.717) is 34.3 Å². The Bertz CT molecular complexity index is 1060. The molecular weight excluding hydrogens is 362 g/mol. The zero-order chi connectivity index (χ0) is 17.5. The SMILES string of the molecule is Cl.O=c1c2ccccc2oc2ccc(OCC=C3CC4CCN3CC4)cc12. The van der Waals surface area contributed by atoms with Gasteiger partial charge in [0.2, 0.25) is 5.43 Å². The van der Waals surface area contributed by atoms with Crippen molar-refractivity contribution in [3.05, 3.63) is 64.5 Å². The molecule has 0 amide bonds. The Kier molecular flexibility index (Phi) is 4.83. The van der Waals surface area contributed by atoms with Gasteiger partial charge >= 0.3 is 0 Å². The van der Waals surface area contributed by atoms with E-state index in [9.17, 15) is 4.79 Å². The zero-order valence-corrected chi connectivity index (χ0v) is 15.8. The highest BCUT2D eigenvalue weighted by molar-refractivity contribution is 5.90. The minimum Gasteiger partial charge on any atom is -0.489 e. The van der Waals surface area contributed by atoms with Gasteiger partial charge in [0, 0.05) is 18.8 Å². The second kappa shape index (κ2) is 7.28. The molecule has 0 N–H and O–H groups in total. The van der Waals surface area contributed by atoms with Crippen LogP contribution in [0.3, 0.4) is 0 Å². The third-order valence-corrected chi connectivity index (χ3v) is 5.63. The molecule has 0 unspecified atom stereocenters. The fourth-order valence-electron chi connectivity index (χ4n) is 4.17. The summed E-state index contributed by atoms with van der Waals surface area (Å²) in [6.45, 7) is 2.89. The van der Waals surface area contributed by atoms with Crippen LogP contribution in [0.1, 0.15) is 19.3 Å². The van der Waals surface area contributed by atoms with Crippen LogP contribution in [0.4, 0.5) is 0 Å². The van der Waals surface area contributed by atoms with Gasteiger partial charge < -0.3 is 14.1 Å². The number of ether oxygens (including phenoxy) is 1. The van der Waals surface area contributed by atoms with Crippen LogP contribution in [0.15, 0.2) is 63.4 Å². The van der Waals surface area contributed by atoms with Gasteiger partial charge in [0.15, 0.2) is 0 Å². The molecule has 3 aromatic rings. The van der Waals surface area contributed by atoms with Gasteiger partial charge in [0.05, 0.1) is 10.8 Å². The van der Waals surface area contributed by atoms with Crippen LogP contribution in [0.25, 0.3) is 21.9 Å². The molecule has 6 rings (SSSR count). The molecule has 0 radical (unpaired) electrons. The molecule has 5 heteroatoms. The second-order valence-electron chi connectivity index (χ2n) is 7.23. The topological polar surface area (TPSA) is 42.7 Å². The van der Waals surface area contributed by atoms with E-state index in [0.717, 1.165) is 5.92 Å². The zero-order valence-electron chi connectivity index (χ0n) is 15.0. The first-order valence-corrected chi connectivity index (χ1v) is 9.30. The van der Waals surface area contributed by atoms with Crippen molar-refractivity contribution in [3.8, 4) is 5.75 Å². The highest BCUT2D eigenvalue weighted by Gasteiger charge is 2.28. The van der Waals surface area contributed by atoms with Gasteiger partial charge in [-0.25, -0.2) is 0 Å². The van der Waals surface area contributed by atoms with Gasteiger partial charge in [-0.1, -0.05) is 12.1 Å². The number of benzene rings is 2. The quantitative estimate of drug-likeness (QED) is 0.612. The van der Waals surface area contributed by atoms with Crippen molar-refractivity contribution in [3.63, 3.8) is 0 Å². The van der Waals surface area contributed by atoms with Crippen molar-refractivity contribution in [1.82, 2.24) is 4.90 Å². The molecule has 4 nitrogen and oxygen atoms in total. The Morgan fingerprint density at radius 1 is 1.07 bits per heavy atom. The third-order valence-electron chi connectivity index (χ3n) is 5.63. The second-order valence-corrected chi connectivity index (χ2v) is 7.23. The van der Waals surface area contributed by atoms with Crippen LogP contribution in [-0.2, 0) is 0 Å². The van der Waals surface area contributed by atoms with Crippen LogP contribution >= 0.6 is 12.4 Å². The van der Waals surface area contributed by atoms with Gasteiger partial charge in [0.1, 0.15) is 23.5 Å². The van der Waals surface area contributed by atoms with E-state index in [1.54, 1.807) is 12.1 Å². The molecule has 2 bridgehead atoms. The summed E-state index contributed by atoms with van der Waals surface area (Å²) in [5, 5.41) is 1.17. The molecule has 27 heavy (non-hydrogen) atoms. The summed E-state index contributed by atoms with van der Waals surface area (Å²) in [5.74, 6) is 1.55. The number of para-hydroxylation sites is 1. The number of halogens is 1. The third kappa shape index (κ3) is 3.30. The number of piperidine rings is 3. The number of hydrogen-bond acceptors (Lipinski definition) is 4. The molecule has 3 aliphatic heterocycles. The smallest absolute Gasteiger partial charge is 0.200 e. The molecule has 0 saturated carbocycles. The van der Waals surface area contributed by atoms with Crippen molar-refractivity contribution in [2.24, 2.45) is 5.92 Å². The summed E-state index contributed by atoms with van der Waals surface area (Å²) in [5.41, 5.74) is 2.61. The van der Waals surface area contributed by atoms with Crippen molar-refractivity contribution < 1.29 is 9.15 Å². The largest absolute Gasteiger partial charge is 0.489 e. The molecule has 0 aliphatic carbocycles. The molecular formula is C22H22ClNO3. The Morgan fingerprint density at radius 2 is 1.85 bits per heavy atom. The highest BCUT2D eigenvalue weighted by Crippen LogP contribution is 2.34. The first-order valence-electron chi connectivity index (χ1n) is 9.30. The normalized spacial score (nSPS) is 18.2. The van der Waals surface area contributed by atoms with E-state index in [4.69, 9.17) is 9.15 Å². The summed E-state index contributed by atoms with van der Waals surface area (Å²) in [6, 6.07) is 12.8. The average Bonchev–Trinajstić information content (AvgIpc) is 2.70. The Balaban J connectivity index is 0.00000180. The van der Waals surface area contributed by atoms with Crippen LogP contribution in [0.2, 0.25) is 0 Å². The van der Waals surface area contributed by atoms with Gasteiger partial charge in [0.25, 0.3) is 0 Å². The van der Waals surface area contributed by atoms with Gasteiger partial charge in [-0.3, -0.25) is 4.79 Å². The monoisotopic (exact) mass is 383 g/mol. The predicted molar refractivity (Wildman–Crippen MR) is 110 cm³/mol. The van der Waals surface area contributed by atoms with Crippen LogP contribution in [0, 0.1) is 5.92 Å². The van der Waals surface area contributed by atoms with E-state index >= 15 is 0 Å². The number of nitrogens with zero attached hydrogens (tertiary/aromatic N) is 1. The Labute approximate surface area is 163 Å².